The summed E-state index contributed by atoms with van der Waals surface area (Å²) in [4.78, 5) is 10.8. The monoisotopic (exact) mass is 283 g/mol. The van der Waals surface area contributed by atoms with Crippen molar-refractivity contribution in [1.29, 1.82) is 0 Å². The van der Waals surface area contributed by atoms with E-state index in [1.165, 1.54) is 11.1 Å². The van der Waals surface area contributed by atoms with Crippen LogP contribution in [0.15, 0.2) is 36.4 Å². The third kappa shape index (κ3) is 2.54. The topological polar surface area (TPSA) is 81.2 Å². The number of rotatable bonds is 3. The summed E-state index contributed by atoms with van der Waals surface area (Å²) in [6.45, 7) is 1.85. The van der Waals surface area contributed by atoms with Crippen LogP contribution in [0.25, 0.3) is 0 Å². The molecule has 0 radical (unpaired) electrons. The second-order valence-electron chi connectivity index (χ2n) is 5.47. The third-order valence-corrected chi connectivity index (χ3v) is 3.92. The maximum atomic E-state index is 11.2. The third-order valence-electron chi connectivity index (χ3n) is 3.92. The number of fused-ring (bicyclic) bond motifs is 1. The van der Waals surface area contributed by atoms with E-state index in [0.29, 0.717) is 5.69 Å². The van der Waals surface area contributed by atoms with E-state index in [9.17, 15) is 10.1 Å². The fraction of sp³-hybridized carbons (Fsp3) is 0.250. The van der Waals surface area contributed by atoms with E-state index >= 15 is 0 Å². The highest BCUT2D eigenvalue weighted by Crippen LogP contribution is 2.37. The van der Waals surface area contributed by atoms with E-state index in [2.05, 4.69) is 5.32 Å². The zero-order valence-corrected chi connectivity index (χ0v) is 11.8. The van der Waals surface area contributed by atoms with Crippen LogP contribution in [0.5, 0.6) is 0 Å². The van der Waals surface area contributed by atoms with Crippen LogP contribution in [-0.2, 0) is 6.42 Å². The first-order valence-electron chi connectivity index (χ1n) is 6.94. The van der Waals surface area contributed by atoms with E-state index in [1.807, 2.05) is 31.2 Å². The number of anilines is 2. The van der Waals surface area contributed by atoms with E-state index in [1.54, 1.807) is 12.1 Å². The molecule has 5 heteroatoms. The lowest BCUT2D eigenvalue weighted by Crippen LogP contribution is -2.09. The van der Waals surface area contributed by atoms with Crippen molar-refractivity contribution in [3.8, 4) is 0 Å². The fourth-order valence-corrected chi connectivity index (χ4v) is 2.89. The summed E-state index contributed by atoms with van der Waals surface area (Å²) in [6, 6.07) is 11.2. The van der Waals surface area contributed by atoms with Crippen LogP contribution in [0.4, 0.5) is 17.1 Å². The molecule has 0 aromatic heterocycles. The van der Waals surface area contributed by atoms with Gasteiger partial charge in [-0.1, -0.05) is 12.1 Å². The summed E-state index contributed by atoms with van der Waals surface area (Å²) in [5.74, 6) is 0. The number of benzene rings is 2. The normalized spacial score (nSPS) is 16.5. The van der Waals surface area contributed by atoms with Crippen molar-refractivity contribution in [1.82, 2.24) is 0 Å². The predicted octanol–water partition coefficient (Wildman–Crippen LogP) is 3.58. The minimum absolute atomic E-state index is 0.0991. The van der Waals surface area contributed by atoms with Crippen molar-refractivity contribution in [3.05, 3.63) is 63.2 Å². The van der Waals surface area contributed by atoms with Crippen LogP contribution in [0, 0.1) is 17.0 Å². The lowest BCUT2D eigenvalue weighted by atomic mass is 10.1. The molecule has 0 spiro atoms. The summed E-state index contributed by atoms with van der Waals surface area (Å²) in [5, 5.41) is 14.5. The smallest absolute Gasteiger partial charge is 0.292 e. The Morgan fingerprint density at radius 1 is 1.29 bits per heavy atom. The standard InChI is InChI=1S/C16H17N3O2/c1-10-2-6-15(16(8-10)19(20)21)18-14-7-3-11-9-12(17)4-5-13(11)14/h2,4-6,8-9,14,18H,3,7,17H2,1H3. The summed E-state index contributed by atoms with van der Waals surface area (Å²) < 4.78 is 0. The van der Waals surface area contributed by atoms with Gasteiger partial charge in [0, 0.05) is 11.8 Å². The Kier molecular flexibility index (Phi) is 3.25. The molecule has 1 aliphatic carbocycles. The molecule has 5 nitrogen and oxygen atoms in total. The molecule has 0 aliphatic heterocycles. The number of nitro groups is 1. The van der Waals surface area contributed by atoms with Gasteiger partial charge >= 0.3 is 0 Å². The molecular weight excluding hydrogens is 266 g/mol. The SMILES string of the molecule is Cc1ccc(NC2CCc3cc(N)ccc32)c([N+](=O)[O-])c1. The largest absolute Gasteiger partial charge is 0.399 e. The first-order chi connectivity index (χ1) is 10.0. The lowest BCUT2D eigenvalue weighted by molar-refractivity contribution is -0.384. The Bertz CT molecular complexity index is 713. The second kappa shape index (κ2) is 5.09. The average molecular weight is 283 g/mol. The number of hydrogen-bond acceptors (Lipinski definition) is 4. The maximum absolute atomic E-state index is 11.2. The molecule has 1 unspecified atom stereocenters. The number of nitrogens with one attached hydrogen (secondary N) is 1. The minimum Gasteiger partial charge on any atom is -0.399 e. The van der Waals surface area contributed by atoms with Crippen LogP contribution in [0.3, 0.4) is 0 Å². The summed E-state index contributed by atoms with van der Waals surface area (Å²) in [5.41, 5.74) is 10.5. The van der Waals surface area contributed by atoms with Gasteiger partial charge in [0.15, 0.2) is 0 Å². The Balaban J connectivity index is 1.91. The van der Waals surface area contributed by atoms with Crippen molar-refractivity contribution in [2.75, 3.05) is 11.1 Å². The van der Waals surface area contributed by atoms with E-state index in [0.717, 1.165) is 24.1 Å². The van der Waals surface area contributed by atoms with Crippen LogP contribution >= 0.6 is 0 Å². The average Bonchev–Trinajstić information content (AvgIpc) is 2.82. The highest BCUT2D eigenvalue weighted by molar-refractivity contribution is 5.64. The molecule has 0 saturated carbocycles. The van der Waals surface area contributed by atoms with Crippen molar-refractivity contribution < 1.29 is 4.92 Å². The summed E-state index contributed by atoms with van der Waals surface area (Å²) in [7, 11) is 0. The van der Waals surface area contributed by atoms with Crippen LogP contribution in [0.1, 0.15) is 29.2 Å². The molecule has 3 N–H and O–H groups in total. The molecule has 0 bridgehead atoms. The molecule has 0 fully saturated rings. The Labute approximate surface area is 122 Å². The summed E-state index contributed by atoms with van der Waals surface area (Å²) >= 11 is 0. The molecule has 1 atom stereocenters. The van der Waals surface area contributed by atoms with Gasteiger partial charge in [-0.25, -0.2) is 0 Å². The number of aryl methyl sites for hydroxylation is 2. The molecule has 0 heterocycles. The molecule has 2 aromatic rings. The Morgan fingerprint density at radius 3 is 2.86 bits per heavy atom. The van der Waals surface area contributed by atoms with E-state index < -0.39 is 0 Å². The van der Waals surface area contributed by atoms with Crippen LogP contribution < -0.4 is 11.1 Å². The highest BCUT2D eigenvalue weighted by Gasteiger charge is 2.24. The number of hydrogen-bond donors (Lipinski definition) is 2. The number of nitrogens with zero attached hydrogens (tertiary/aromatic N) is 1. The highest BCUT2D eigenvalue weighted by atomic mass is 16.6. The Hall–Kier alpha value is -2.56. The zero-order valence-electron chi connectivity index (χ0n) is 11.8. The number of nitro benzene ring substituents is 1. The molecule has 0 amide bonds. The summed E-state index contributed by atoms with van der Waals surface area (Å²) in [6.07, 6.45) is 1.86. The van der Waals surface area contributed by atoms with Gasteiger partial charge in [0.1, 0.15) is 5.69 Å². The van der Waals surface area contributed by atoms with Gasteiger partial charge in [-0.15, -0.1) is 0 Å². The molecule has 108 valence electrons. The molecule has 21 heavy (non-hydrogen) atoms. The number of nitrogens with two attached hydrogens (primary N) is 1. The molecule has 3 rings (SSSR count). The first-order valence-corrected chi connectivity index (χ1v) is 6.94. The molecule has 0 saturated heterocycles. The van der Waals surface area contributed by atoms with Gasteiger partial charge in [-0.2, -0.15) is 0 Å². The minimum atomic E-state index is -0.339. The number of nitrogen functional groups attached to an aromatic ring is 1. The first kappa shape index (κ1) is 13.4. The quantitative estimate of drug-likeness (QED) is 0.512. The van der Waals surface area contributed by atoms with Crippen molar-refractivity contribution in [3.63, 3.8) is 0 Å². The zero-order chi connectivity index (χ0) is 15.0. The predicted molar refractivity (Wildman–Crippen MR) is 83.4 cm³/mol. The van der Waals surface area contributed by atoms with Crippen LogP contribution in [-0.4, -0.2) is 4.92 Å². The van der Waals surface area contributed by atoms with Crippen LogP contribution in [0.2, 0.25) is 0 Å². The van der Waals surface area contributed by atoms with Crippen molar-refractivity contribution >= 4 is 17.1 Å². The molecular formula is C16H17N3O2. The second-order valence-corrected chi connectivity index (χ2v) is 5.47. The Morgan fingerprint density at radius 2 is 2.10 bits per heavy atom. The fourth-order valence-electron chi connectivity index (χ4n) is 2.89. The van der Waals surface area contributed by atoms with E-state index in [4.69, 9.17) is 5.73 Å². The van der Waals surface area contributed by atoms with Gasteiger partial charge in [-0.3, -0.25) is 10.1 Å². The van der Waals surface area contributed by atoms with Gasteiger partial charge in [0.25, 0.3) is 5.69 Å². The van der Waals surface area contributed by atoms with Crippen molar-refractivity contribution in [2.24, 2.45) is 0 Å². The van der Waals surface area contributed by atoms with E-state index in [-0.39, 0.29) is 16.7 Å². The van der Waals surface area contributed by atoms with Gasteiger partial charge in [0.2, 0.25) is 0 Å². The van der Waals surface area contributed by atoms with Gasteiger partial charge < -0.3 is 11.1 Å². The maximum Gasteiger partial charge on any atom is 0.292 e. The van der Waals surface area contributed by atoms with Crippen molar-refractivity contribution in [2.45, 2.75) is 25.8 Å². The molecule has 2 aromatic carbocycles. The molecule has 1 aliphatic rings. The van der Waals surface area contributed by atoms with Gasteiger partial charge in [-0.05, 0) is 54.7 Å². The lowest BCUT2D eigenvalue weighted by Gasteiger charge is -2.16. The van der Waals surface area contributed by atoms with Gasteiger partial charge in [0.05, 0.1) is 11.0 Å².